The summed E-state index contributed by atoms with van der Waals surface area (Å²) < 4.78 is 0. The van der Waals surface area contributed by atoms with Gasteiger partial charge < -0.3 is 0 Å². The summed E-state index contributed by atoms with van der Waals surface area (Å²) in [6, 6.07) is 5.04. The van der Waals surface area contributed by atoms with Gasteiger partial charge in [0.2, 0.25) is 0 Å². The van der Waals surface area contributed by atoms with Gasteiger partial charge in [0.1, 0.15) is 0 Å². The first kappa shape index (κ1) is 13.2. The van der Waals surface area contributed by atoms with E-state index < -0.39 is 5.41 Å². The first-order valence-electron chi connectivity index (χ1n) is 5.57. The van der Waals surface area contributed by atoms with Crippen molar-refractivity contribution in [1.82, 2.24) is 5.43 Å². The van der Waals surface area contributed by atoms with Crippen LogP contribution in [-0.2, 0) is 4.79 Å². The van der Waals surface area contributed by atoms with Gasteiger partial charge in [0.05, 0.1) is 16.1 Å². The monoisotopic (exact) mass is 284 g/mol. The van der Waals surface area contributed by atoms with Crippen LogP contribution >= 0.6 is 23.2 Å². The summed E-state index contributed by atoms with van der Waals surface area (Å²) in [5, 5.41) is 2.43. The Bertz CT molecular complexity index is 538. The Kier molecular flexibility index (Phi) is 3.30. The van der Waals surface area contributed by atoms with Gasteiger partial charge in [-0.15, -0.1) is 0 Å². The Morgan fingerprint density at radius 3 is 2.56 bits per heavy atom. The minimum Gasteiger partial charge on any atom is -0.299 e. The number of nitrogens with one attached hydrogen (secondary N) is 1. The largest absolute Gasteiger partial charge is 0.299 e. The van der Waals surface area contributed by atoms with Gasteiger partial charge in [-0.05, 0) is 44.5 Å². The molecule has 0 aliphatic carbocycles. The molecule has 0 saturated carbocycles. The lowest BCUT2D eigenvalue weighted by atomic mass is 9.83. The average molecular weight is 285 g/mol. The Morgan fingerprint density at radius 1 is 1.28 bits per heavy atom. The molecule has 1 aromatic rings. The van der Waals surface area contributed by atoms with Crippen molar-refractivity contribution in [2.45, 2.75) is 20.8 Å². The smallest absolute Gasteiger partial charge is 0.255 e. The summed E-state index contributed by atoms with van der Waals surface area (Å²) >= 11 is 12.0. The summed E-state index contributed by atoms with van der Waals surface area (Å²) in [4.78, 5) is 12.4. The second-order valence-corrected chi connectivity index (χ2v) is 5.66. The Hall–Kier alpha value is -1.19. The predicted octanol–water partition coefficient (Wildman–Crippen LogP) is 3.77. The minimum atomic E-state index is -0.547. The van der Waals surface area contributed by atoms with Gasteiger partial charge in [-0.25, -0.2) is 5.01 Å². The molecule has 3 nitrogen and oxygen atoms in total. The van der Waals surface area contributed by atoms with Crippen molar-refractivity contribution in [2.24, 2.45) is 5.41 Å². The van der Waals surface area contributed by atoms with Gasteiger partial charge in [0.15, 0.2) is 0 Å². The SMILES string of the molecule is CC1=CNN(c2ccc(Cl)cc2Cl)C(=O)C1(C)C. The van der Waals surface area contributed by atoms with Crippen molar-refractivity contribution >= 4 is 34.8 Å². The molecule has 0 radical (unpaired) electrons. The molecule has 0 aromatic heterocycles. The number of anilines is 1. The van der Waals surface area contributed by atoms with Gasteiger partial charge in [-0.1, -0.05) is 23.2 Å². The molecule has 0 atom stereocenters. The van der Waals surface area contributed by atoms with Crippen molar-refractivity contribution in [2.75, 3.05) is 5.01 Å². The molecule has 1 heterocycles. The molecule has 0 bridgehead atoms. The van der Waals surface area contributed by atoms with Crippen LogP contribution in [0.2, 0.25) is 10.0 Å². The maximum atomic E-state index is 12.4. The molecule has 1 aliphatic rings. The van der Waals surface area contributed by atoms with Crippen LogP contribution in [0, 0.1) is 5.41 Å². The molecular formula is C13H14Cl2N2O. The zero-order valence-corrected chi connectivity index (χ0v) is 11.9. The molecule has 1 amide bonds. The molecule has 18 heavy (non-hydrogen) atoms. The highest BCUT2D eigenvalue weighted by Gasteiger charge is 2.38. The molecular weight excluding hydrogens is 271 g/mol. The van der Waals surface area contributed by atoms with E-state index in [4.69, 9.17) is 23.2 Å². The third-order valence-electron chi connectivity index (χ3n) is 3.28. The highest BCUT2D eigenvalue weighted by atomic mass is 35.5. The number of amides is 1. The summed E-state index contributed by atoms with van der Waals surface area (Å²) in [7, 11) is 0. The van der Waals surface area contributed by atoms with Gasteiger partial charge in [-0.2, -0.15) is 0 Å². The molecule has 1 aliphatic heterocycles. The standard InChI is InChI=1S/C13H14Cl2N2O/c1-8-7-16-17(12(18)13(8,2)3)11-5-4-9(14)6-10(11)15/h4-7,16H,1-3H3. The molecule has 2 rings (SSSR count). The van der Waals surface area contributed by atoms with Crippen molar-refractivity contribution in [1.29, 1.82) is 0 Å². The lowest BCUT2D eigenvalue weighted by Crippen LogP contribution is -2.51. The van der Waals surface area contributed by atoms with Crippen LogP contribution in [0.5, 0.6) is 0 Å². The summed E-state index contributed by atoms with van der Waals surface area (Å²) in [5.41, 5.74) is 3.98. The van der Waals surface area contributed by atoms with E-state index in [0.717, 1.165) is 5.57 Å². The minimum absolute atomic E-state index is 0.0493. The fraction of sp³-hybridized carbons (Fsp3) is 0.308. The summed E-state index contributed by atoms with van der Waals surface area (Å²) in [5.74, 6) is -0.0493. The molecule has 1 aromatic carbocycles. The van der Waals surface area contributed by atoms with E-state index in [1.165, 1.54) is 5.01 Å². The zero-order chi connectivity index (χ0) is 13.5. The number of carbonyl (C=O) groups is 1. The third-order valence-corrected chi connectivity index (χ3v) is 3.82. The van der Waals surface area contributed by atoms with Crippen LogP contribution in [-0.4, -0.2) is 5.91 Å². The van der Waals surface area contributed by atoms with Crippen molar-refractivity contribution in [3.8, 4) is 0 Å². The highest BCUT2D eigenvalue weighted by molar-refractivity contribution is 6.36. The molecule has 0 fully saturated rings. The number of hydrogen-bond donors (Lipinski definition) is 1. The van der Waals surface area contributed by atoms with E-state index in [2.05, 4.69) is 5.43 Å². The first-order chi connectivity index (χ1) is 8.34. The van der Waals surface area contributed by atoms with E-state index in [1.54, 1.807) is 18.2 Å². The van der Waals surface area contributed by atoms with Crippen LogP contribution in [0.4, 0.5) is 5.69 Å². The number of hydrogen-bond acceptors (Lipinski definition) is 2. The van der Waals surface area contributed by atoms with Crippen molar-refractivity contribution in [3.05, 3.63) is 40.0 Å². The fourth-order valence-corrected chi connectivity index (χ4v) is 2.18. The second kappa shape index (κ2) is 4.48. The third kappa shape index (κ3) is 2.08. The maximum Gasteiger partial charge on any atom is 0.255 e. The molecule has 0 saturated heterocycles. The van der Waals surface area contributed by atoms with E-state index in [0.29, 0.717) is 15.7 Å². The van der Waals surface area contributed by atoms with Gasteiger partial charge >= 0.3 is 0 Å². The van der Waals surface area contributed by atoms with E-state index >= 15 is 0 Å². The second-order valence-electron chi connectivity index (χ2n) is 4.82. The number of carbonyl (C=O) groups excluding carboxylic acids is 1. The van der Waals surface area contributed by atoms with Crippen molar-refractivity contribution in [3.63, 3.8) is 0 Å². The zero-order valence-electron chi connectivity index (χ0n) is 10.4. The van der Waals surface area contributed by atoms with Crippen molar-refractivity contribution < 1.29 is 4.79 Å². The topological polar surface area (TPSA) is 32.3 Å². The maximum absolute atomic E-state index is 12.4. The van der Waals surface area contributed by atoms with Crippen LogP contribution in [0.1, 0.15) is 20.8 Å². The summed E-state index contributed by atoms with van der Waals surface area (Å²) in [6.07, 6.45) is 1.81. The lowest BCUT2D eigenvalue weighted by Gasteiger charge is -2.37. The molecule has 96 valence electrons. The van der Waals surface area contributed by atoms with E-state index in [1.807, 2.05) is 27.0 Å². The van der Waals surface area contributed by atoms with Crippen LogP contribution < -0.4 is 10.4 Å². The number of nitrogens with zero attached hydrogens (tertiary/aromatic N) is 1. The number of rotatable bonds is 1. The number of halogens is 2. The van der Waals surface area contributed by atoms with Gasteiger partial charge in [0, 0.05) is 11.2 Å². The van der Waals surface area contributed by atoms with Gasteiger partial charge in [0.25, 0.3) is 5.91 Å². The molecule has 5 heteroatoms. The number of benzene rings is 1. The van der Waals surface area contributed by atoms with Crippen LogP contribution in [0.25, 0.3) is 0 Å². The van der Waals surface area contributed by atoms with E-state index in [-0.39, 0.29) is 5.91 Å². The summed E-state index contributed by atoms with van der Waals surface area (Å²) in [6.45, 7) is 5.70. The fourth-order valence-electron chi connectivity index (χ4n) is 1.69. The van der Waals surface area contributed by atoms with Crippen LogP contribution in [0.3, 0.4) is 0 Å². The van der Waals surface area contributed by atoms with Gasteiger partial charge in [-0.3, -0.25) is 10.2 Å². The Labute approximate surface area is 116 Å². The number of hydrazine groups is 1. The highest BCUT2D eigenvalue weighted by Crippen LogP contribution is 2.35. The Balaban J connectivity index is 2.44. The normalized spacial score (nSPS) is 18.4. The quantitative estimate of drug-likeness (QED) is 0.851. The lowest BCUT2D eigenvalue weighted by molar-refractivity contribution is -0.126. The average Bonchev–Trinajstić information content (AvgIpc) is 2.29. The first-order valence-corrected chi connectivity index (χ1v) is 6.32. The van der Waals surface area contributed by atoms with Crippen LogP contribution in [0.15, 0.2) is 30.0 Å². The molecule has 1 N–H and O–H groups in total. The Morgan fingerprint density at radius 2 is 1.94 bits per heavy atom. The predicted molar refractivity (Wildman–Crippen MR) is 74.6 cm³/mol. The molecule has 0 spiro atoms. The van der Waals surface area contributed by atoms with E-state index in [9.17, 15) is 4.79 Å². The molecule has 0 unspecified atom stereocenters.